The zero-order valence-corrected chi connectivity index (χ0v) is 16.4. The first-order valence-electron chi connectivity index (χ1n) is 8.77. The third-order valence-corrected chi connectivity index (χ3v) is 4.50. The second-order valence-electron chi connectivity index (χ2n) is 6.19. The summed E-state index contributed by atoms with van der Waals surface area (Å²) in [5.41, 5.74) is 1.81. The predicted molar refractivity (Wildman–Crippen MR) is 111 cm³/mol. The van der Waals surface area contributed by atoms with Crippen molar-refractivity contribution >= 4 is 29.0 Å². The Labute approximate surface area is 169 Å². The van der Waals surface area contributed by atoms with Gasteiger partial charge in [0, 0.05) is 25.4 Å². The number of hydrogen-bond acceptors (Lipinski definition) is 5. The number of nitrogens with one attached hydrogen (secondary N) is 1. The van der Waals surface area contributed by atoms with Gasteiger partial charge in [0.1, 0.15) is 17.6 Å². The maximum Gasteiger partial charge on any atom is 0.249 e. The van der Waals surface area contributed by atoms with Gasteiger partial charge in [-0.2, -0.15) is 0 Å². The van der Waals surface area contributed by atoms with E-state index in [1.807, 2.05) is 54.6 Å². The van der Waals surface area contributed by atoms with E-state index in [4.69, 9.17) is 16.3 Å². The second-order valence-corrected chi connectivity index (χ2v) is 6.53. The van der Waals surface area contributed by atoms with Gasteiger partial charge in [-0.05, 0) is 47.5 Å². The molecule has 0 spiro atoms. The Kier molecular flexibility index (Phi) is 6.45. The molecule has 0 aliphatic carbocycles. The molecular formula is C21H21ClN4O2. The number of aromatic nitrogens is 2. The molecule has 0 fully saturated rings. The number of carbonyl (C=O) groups is 1. The van der Waals surface area contributed by atoms with Crippen LogP contribution in [0.1, 0.15) is 5.56 Å². The molecule has 0 bridgehead atoms. The lowest BCUT2D eigenvalue weighted by Crippen LogP contribution is -2.42. The Morgan fingerprint density at radius 3 is 2.50 bits per heavy atom. The van der Waals surface area contributed by atoms with Crippen LogP contribution in [0, 0.1) is 0 Å². The Balaban J connectivity index is 1.84. The zero-order chi connectivity index (χ0) is 19.9. The first-order valence-corrected chi connectivity index (χ1v) is 9.15. The van der Waals surface area contributed by atoms with Crippen molar-refractivity contribution in [1.82, 2.24) is 9.97 Å². The van der Waals surface area contributed by atoms with Crippen molar-refractivity contribution in [2.24, 2.45) is 0 Å². The van der Waals surface area contributed by atoms with Crippen molar-refractivity contribution in [2.75, 3.05) is 24.4 Å². The van der Waals surface area contributed by atoms with E-state index in [0.29, 0.717) is 12.2 Å². The molecular weight excluding hydrogens is 376 g/mol. The highest BCUT2D eigenvalue weighted by Gasteiger charge is 2.24. The second kappa shape index (κ2) is 9.19. The van der Waals surface area contributed by atoms with Crippen LogP contribution >= 0.6 is 11.6 Å². The molecule has 2 aromatic carbocycles. The number of hydrogen-bond donors (Lipinski definition) is 1. The molecule has 3 rings (SSSR count). The summed E-state index contributed by atoms with van der Waals surface area (Å²) in [4.78, 5) is 22.9. The number of ether oxygens (including phenoxy) is 1. The first kappa shape index (κ1) is 19.6. The number of likely N-dealkylation sites (N-methyl/N-ethyl adjacent to an activating group) is 1. The van der Waals surface area contributed by atoms with Gasteiger partial charge in [-0.15, -0.1) is 0 Å². The number of carbonyl (C=O) groups excluding carboxylic acids is 1. The van der Waals surface area contributed by atoms with Crippen LogP contribution in [0.25, 0.3) is 0 Å². The number of methoxy groups -OCH3 is 1. The molecule has 0 saturated carbocycles. The standard InChI is InChI=1S/C21H21ClN4O2/c1-26(16-8-10-17(28-2)11-9-16)20(27)18(14-15-6-4-3-5-7-15)24-19-12-13-23-21(22)25-19/h3-13,18H,14H2,1-2H3,(H,23,24,25)/t18-/m0/s1. The number of halogens is 1. The van der Waals surface area contributed by atoms with E-state index in [1.165, 1.54) is 0 Å². The highest BCUT2D eigenvalue weighted by Crippen LogP contribution is 2.20. The lowest BCUT2D eigenvalue weighted by molar-refractivity contribution is -0.119. The van der Waals surface area contributed by atoms with Gasteiger partial charge in [-0.1, -0.05) is 30.3 Å². The molecule has 7 heteroatoms. The summed E-state index contributed by atoms with van der Waals surface area (Å²) in [6, 6.07) is 18.3. The van der Waals surface area contributed by atoms with Gasteiger partial charge < -0.3 is 15.0 Å². The van der Waals surface area contributed by atoms with E-state index in [2.05, 4.69) is 15.3 Å². The third kappa shape index (κ3) is 4.98. The monoisotopic (exact) mass is 396 g/mol. The normalized spacial score (nSPS) is 11.5. The summed E-state index contributed by atoms with van der Waals surface area (Å²) in [5.74, 6) is 1.14. The van der Waals surface area contributed by atoms with E-state index in [-0.39, 0.29) is 11.2 Å². The molecule has 28 heavy (non-hydrogen) atoms. The number of anilines is 2. The molecule has 0 radical (unpaired) electrons. The smallest absolute Gasteiger partial charge is 0.249 e. The Bertz CT molecular complexity index is 919. The van der Waals surface area contributed by atoms with E-state index in [0.717, 1.165) is 17.0 Å². The molecule has 1 aromatic heterocycles. The minimum atomic E-state index is -0.527. The van der Waals surface area contributed by atoms with Crippen molar-refractivity contribution in [3.63, 3.8) is 0 Å². The molecule has 0 saturated heterocycles. The fraction of sp³-hybridized carbons (Fsp3) is 0.190. The number of rotatable bonds is 7. The maximum absolute atomic E-state index is 13.2. The van der Waals surface area contributed by atoms with Crippen molar-refractivity contribution < 1.29 is 9.53 Å². The van der Waals surface area contributed by atoms with Crippen LogP contribution in [-0.2, 0) is 11.2 Å². The van der Waals surface area contributed by atoms with Gasteiger partial charge in [0.2, 0.25) is 11.2 Å². The van der Waals surface area contributed by atoms with Gasteiger partial charge in [0.25, 0.3) is 0 Å². The first-order chi connectivity index (χ1) is 13.6. The molecule has 0 unspecified atom stereocenters. The largest absolute Gasteiger partial charge is 0.497 e. The van der Waals surface area contributed by atoms with Crippen LogP contribution < -0.4 is 15.0 Å². The summed E-state index contributed by atoms with van der Waals surface area (Å²) in [6.07, 6.45) is 2.05. The minimum Gasteiger partial charge on any atom is -0.497 e. The van der Waals surface area contributed by atoms with Gasteiger partial charge >= 0.3 is 0 Å². The summed E-state index contributed by atoms with van der Waals surface area (Å²) >= 11 is 5.89. The van der Waals surface area contributed by atoms with Gasteiger partial charge in [0.15, 0.2) is 0 Å². The Morgan fingerprint density at radius 1 is 1.14 bits per heavy atom. The van der Waals surface area contributed by atoms with E-state index >= 15 is 0 Å². The molecule has 144 valence electrons. The minimum absolute atomic E-state index is 0.0937. The topological polar surface area (TPSA) is 67.3 Å². The fourth-order valence-corrected chi connectivity index (χ4v) is 2.96. The van der Waals surface area contributed by atoms with Crippen molar-refractivity contribution in [1.29, 1.82) is 0 Å². The number of benzene rings is 2. The van der Waals surface area contributed by atoms with Crippen molar-refractivity contribution in [2.45, 2.75) is 12.5 Å². The summed E-state index contributed by atoms with van der Waals surface area (Å²) < 4.78 is 5.18. The average molecular weight is 397 g/mol. The molecule has 6 nitrogen and oxygen atoms in total. The van der Waals surface area contributed by atoms with Crippen LogP contribution in [0.5, 0.6) is 5.75 Å². The molecule has 0 aliphatic heterocycles. The van der Waals surface area contributed by atoms with Crippen LogP contribution in [-0.4, -0.2) is 36.1 Å². The quantitative estimate of drug-likeness (QED) is 0.615. The third-order valence-electron chi connectivity index (χ3n) is 4.32. The van der Waals surface area contributed by atoms with E-state index < -0.39 is 6.04 Å². The average Bonchev–Trinajstić information content (AvgIpc) is 2.73. The maximum atomic E-state index is 13.2. The molecule has 1 atom stereocenters. The number of amides is 1. The van der Waals surface area contributed by atoms with Crippen molar-refractivity contribution in [3.05, 3.63) is 77.7 Å². The highest BCUT2D eigenvalue weighted by atomic mass is 35.5. The van der Waals surface area contributed by atoms with Crippen molar-refractivity contribution in [3.8, 4) is 5.75 Å². The van der Waals surface area contributed by atoms with E-state index in [1.54, 1.807) is 31.3 Å². The molecule has 0 aliphatic rings. The van der Waals surface area contributed by atoms with Gasteiger partial charge in [-0.3, -0.25) is 4.79 Å². The number of nitrogens with zero attached hydrogens (tertiary/aromatic N) is 3. The van der Waals surface area contributed by atoms with E-state index in [9.17, 15) is 4.79 Å². The lowest BCUT2D eigenvalue weighted by Gasteiger charge is -2.25. The summed E-state index contributed by atoms with van der Waals surface area (Å²) in [6.45, 7) is 0. The molecule has 1 N–H and O–H groups in total. The zero-order valence-electron chi connectivity index (χ0n) is 15.7. The fourth-order valence-electron chi connectivity index (χ4n) is 2.81. The SMILES string of the molecule is COc1ccc(N(C)C(=O)[C@H](Cc2ccccc2)Nc2ccnc(Cl)n2)cc1. The summed E-state index contributed by atoms with van der Waals surface area (Å²) in [7, 11) is 3.35. The van der Waals surface area contributed by atoms with Crippen LogP contribution in [0.15, 0.2) is 66.9 Å². The van der Waals surface area contributed by atoms with Gasteiger partial charge in [0.05, 0.1) is 7.11 Å². The predicted octanol–water partition coefficient (Wildman–Crippen LogP) is 3.82. The summed E-state index contributed by atoms with van der Waals surface area (Å²) in [5, 5.41) is 3.31. The lowest BCUT2D eigenvalue weighted by atomic mass is 10.0. The molecule has 1 amide bonds. The Morgan fingerprint density at radius 2 is 1.86 bits per heavy atom. The van der Waals surface area contributed by atoms with Gasteiger partial charge in [-0.25, -0.2) is 9.97 Å². The van der Waals surface area contributed by atoms with Crippen LogP contribution in [0.2, 0.25) is 5.28 Å². The van der Waals surface area contributed by atoms with Crippen LogP contribution in [0.4, 0.5) is 11.5 Å². The Hall–Kier alpha value is -3.12. The molecule has 3 aromatic rings. The highest BCUT2D eigenvalue weighted by molar-refractivity contribution is 6.28. The van der Waals surface area contributed by atoms with Crippen LogP contribution in [0.3, 0.4) is 0 Å². The molecule has 1 heterocycles.